The summed E-state index contributed by atoms with van der Waals surface area (Å²) in [7, 11) is 4.08. The van der Waals surface area contributed by atoms with Crippen LogP contribution in [0.25, 0.3) is 0 Å². The summed E-state index contributed by atoms with van der Waals surface area (Å²) >= 11 is 0. The highest BCUT2D eigenvalue weighted by Gasteiger charge is 1.99. The van der Waals surface area contributed by atoms with Gasteiger partial charge in [0.1, 0.15) is 18.1 Å². The van der Waals surface area contributed by atoms with Crippen LogP contribution < -0.4 is 5.32 Å². The highest BCUT2D eigenvalue weighted by atomic mass is 16.4. The Balaban J connectivity index is 0. The van der Waals surface area contributed by atoms with Gasteiger partial charge in [-0.05, 0) is 26.2 Å². The van der Waals surface area contributed by atoms with Crippen LogP contribution in [-0.2, 0) is 32.3 Å². The molecule has 0 fully saturated rings. The standard InChI is InChI=1S/C10H18N2O2.2C4H4O4/c1-12(2)6-5-11-7-9-3-4-10(8-13)14-9;2*5-3(6)1-2-4(7)8/h3-4,11,13H,5-8H2,1-2H3;2*1-2H,(H,5,6)(H,7,8)/b;2*2-1-. The second kappa shape index (κ2) is 17.6. The van der Waals surface area contributed by atoms with Gasteiger partial charge in [0, 0.05) is 37.4 Å². The Hall–Kier alpha value is -3.48. The van der Waals surface area contributed by atoms with Crippen LogP contribution in [0.4, 0.5) is 0 Å². The van der Waals surface area contributed by atoms with Gasteiger partial charge in [-0.1, -0.05) is 0 Å². The van der Waals surface area contributed by atoms with Crippen molar-refractivity contribution in [3.8, 4) is 0 Å². The average molecular weight is 430 g/mol. The van der Waals surface area contributed by atoms with Crippen molar-refractivity contribution in [3.05, 3.63) is 48.0 Å². The summed E-state index contributed by atoms with van der Waals surface area (Å²) in [5.74, 6) is -3.54. The van der Waals surface area contributed by atoms with E-state index in [1.807, 2.05) is 20.2 Å². The van der Waals surface area contributed by atoms with Gasteiger partial charge in [0.05, 0.1) is 6.54 Å². The number of hydrogen-bond donors (Lipinski definition) is 6. The average Bonchev–Trinajstić information content (AvgIpc) is 3.11. The van der Waals surface area contributed by atoms with Gasteiger partial charge in [-0.15, -0.1) is 0 Å². The maximum absolute atomic E-state index is 9.55. The highest BCUT2D eigenvalue weighted by molar-refractivity contribution is 5.90. The largest absolute Gasteiger partial charge is 0.478 e. The van der Waals surface area contributed by atoms with E-state index in [2.05, 4.69) is 10.2 Å². The van der Waals surface area contributed by atoms with E-state index in [-0.39, 0.29) is 6.61 Å². The number of carboxylic acid groups (broad SMARTS) is 4. The van der Waals surface area contributed by atoms with E-state index in [0.29, 0.717) is 36.6 Å². The second-order valence-corrected chi connectivity index (χ2v) is 5.53. The number of aliphatic carboxylic acids is 4. The number of hydrogen-bond acceptors (Lipinski definition) is 8. The first-order valence-electron chi connectivity index (χ1n) is 8.29. The maximum Gasteiger partial charge on any atom is 0.328 e. The zero-order valence-electron chi connectivity index (χ0n) is 16.5. The van der Waals surface area contributed by atoms with Crippen LogP contribution >= 0.6 is 0 Å². The van der Waals surface area contributed by atoms with Gasteiger partial charge in [0.15, 0.2) is 0 Å². The lowest BCUT2D eigenvalue weighted by Gasteiger charge is -2.09. The molecule has 12 heteroatoms. The van der Waals surface area contributed by atoms with Gasteiger partial charge in [0.25, 0.3) is 0 Å². The van der Waals surface area contributed by atoms with Gasteiger partial charge >= 0.3 is 23.9 Å². The molecular weight excluding hydrogens is 404 g/mol. The molecule has 1 heterocycles. The Kier molecular flexibility index (Phi) is 16.9. The van der Waals surface area contributed by atoms with Crippen molar-refractivity contribution in [2.75, 3.05) is 27.2 Å². The molecule has 30 heavy (non-hydrogen) atoms. The molecule has 0 aliphatic carbocycles. The van der Waals surface area contributed by atoms with Crippen molar-refractivity contribution in [2.45, 2.75) is 13.2 Å². The summed E-state index contributed by atoms with van der Waals surface area (Å²) in [6.45, 7) is 2.63. The lowest BCUT2D eigenvalue weighted by molar-refractivity contribution is -0.134. The summed E-state index contributed by atoms with van der Waals surface area (Å²) in [5, 5.41) is 43.3. The molecule has 0 aromatic carbocycles. The van der Waals surface area contributed by atoms with Gasteiger partial charge < -0.3 is 40.2 Å². The SMILES string of the molecule is CN(C)CCNCc1ccc(CO)o1.O=C(O)/C=C\C(=O)O.O=C(O)/C=C\C(=O)O. The van der Waals surface area contributed by atoms with E-state index in [0.717, 1.165) is 18.8 Å². The first kappa shape index (κ1) is 28.7. The predicted octanol–water partition coefficient (Wildman–Crippen LogP) is -0.153. The molecule has 12 nitrogen and oxygen atoms in total. The number of rotatable bonds is 10. The Labute approximate surface area is 172 Å². The van der Waals surface area contributed by atoms with E-state index in [1.165, 1.54) is 0 Å². The number of carboxylic acids is 4. The fraction of sp³-hybridized carbons (Fsp3) is 0.333. The third-order valence-corrected chi connectivity index (χ3v) is 2.65. The smallest absolute Gasteiger partial charge is 0.328 e. The molecule has 168 valence electrons. The first-order valence-corrected chi connectivity index (χ1v) is 8.29. The Morgan fingerprint density at radius 1 is 0.867 bits per heavy atom. The van der Waals surface area contributed by atoms with Crippen molar-refractivity contribution in [1.29, 1.82) is 0 Å². The molecule has 1 rings (SSSR count). The fourth-order valence-corrected chi connectivity index (χ4v) is 1.40. The summed E-state index contributed by atoms with van der Waals surface area (Å²) in [5.41, 5.74) is 0. The van der Waals surface area contributed by atoms with Crippen molar-refractivity contribution >= 4 is 23.9 Å². The molecule has 1 aromatic heterocycles. The van der Waals surface area contributed by atoms with E-state index in [4.69, 9.17) is 29.9 Å². The van der Waals surface area contributed by atoms with Crippen molar-refractivity contribution in [1.82, 2.24) is 10.2 Å². The van der Waals surface area contributed by atoms with E-state index >= 15 is 0 Å². The number of aliphatic hydroxyl groups is 1. The van der Waals surface area contributed by atoms with Crippen LogP contribution in [0.15, 0.2) is 40.9 Å². The monoisotopic (exact) mass is 430 g/mol. The van der Waals surface area contributed by atoms with Crippen LogP contribution in [0.2, 0.25) is 0 Å². The summed E-state index contributed by atoms with van der Waals surface area (Å²) < 4.78 is 5.31. The molecule has 0 bridgehead atoms. The van der Waals surface area contributed by atoms with Crippen LogP contribution in [0.1, 0.15) is 11.5 Å². The summed E-state index contributed by atoms with van der Waals surface area (Å²) in [6, 6.07) is 3.68. The lowest BCUT2D eigenvalue weighted by atomic mass is 10.4. The summed E-state index contributed by atoms with van der Waals surface area (Å²) in [6.07, 6.45) is 2.23. The number of furan rings is 1. The molecule has 1 aromatic rings. The van der Waals surface area contributed by atoms with E-state index in [1.54, 1.807) is 6.07 Å². The van der Waals surface area contributed by atoms with Crippen molar-refractivity contribution in [2.24, 2.45) is 0 Å². The van der Waals surface area contributed by atoms with E-state index < -0.39 is 23.9 Å². The molecule has 6 N–H and O–H groups in total. The number of aliphatic hydroxyl groups excluding tert-OH is 1. The van der Waals surface area contributed by atoms with Crippen LogP contribution in [0, 0.1) is 0 Å². The third kappa shape index (κ3) is 22.6. The molecule has 0 saturated heterocycles. The van der Waals surface area contributed by atoms with Crippen LogP contribution in [0.5, 0.6) is 0 Å². The molecule has 0 radical (unpaired) electrons. The zero-order valence-corrected chi connectivity index (χ0v) is 16.5. The van der Waals surface area contributed by atoms with Gasteiger partial charge in [0.2, 0.25) is 0 Å². The first-order chi connectivity index (χ1) is 14.0. The Morgan fingerprint density at radius 3 is 1.57 bits per heavy atom. The van der Waals surface area contributed by atoms with Gasteiger partial charge in [-0.2, -0.15) is 0 Å². The normalized spacial score (nSPS) is 10.3. The molecule has 0 aliphatic rings. The maximum atomic E-state index is 9.55. The number of nitrogens with zero attached hydrogens (tertiary/aromatic N) is 1. The number of nitrogens with one attached hydrogen (secondary N) is 1. The minimum atomic E-state index is -1.26. The Morgan fingerprint density at radius 2 is 1.27 bits per heavy atom. The molecule has 0 unspecified atom stereocenters. The van der Waals surface area contributed by atoms with Crippen molar-refractivity contribution in [3.63, 3.8) is 0 Å². The lowest BCUT2D eigenvalue weighted by Crippen LogP contribution is -2.26. The van der Waals surface area contributed by atoms with Crippen LogP contribution in [0.3, 0.4) is 0 Å². The second-order valence-electron chi connectivity index (χ2n) is 5.53. The predicted molar refractivity (Wildman–Crippen MR) is 104 cm³/mol. The molecule has 0 spiro atoms. The quantitative estimate of drug-likeness (QED) is 0.212. The van der Waals surface area contributed by atoms with Crippen molar-refractivity contribution < 1.29 is 49.1 Å². The Bertz CT molecular complexity index is 656. The topological polar surface area (TPSA) is 198 Å². The minimum absolute atomic E-state index is 0.0301. The fourth-order valence-electron chi connectivity index (χ4n) is 1.40. The molecule has 0 atom stereocenters. The molecule has 0 amide bonds. The minimum Gasteiger partial charge on any atom is -0.478 e. The van der Waals surface area contributed by atoms with Crippen LogP contribution in [-0.4, -0.2) is 81.5 Å². The highest BCUT2D eigenvalue weighted by Crippen LogP contribution is 2.06. The number of carbonyl (C=O) groups is 4. The zero-order chi connectivity index (χ0) is 23.5. The number of likely N-dealkylation sites (N-methyl/N-ethyl adjacent to an activating group) is 1. The van der Waals surface area contributed by atoms with Gasteiger partial charge in [-0.3, -0.25) is 0 Å². The molecule has 0 aliphatic heterocycles. The van der Waals surface area contributed by atoms with Gasteiger partial charge in [-0.25, -0.2) is 19.2 Å². The van der Waals surface area contributed by atoms with E-state index in [9.17, 15) is 19.2 Å². The summed E-state index contributed by atoms with van der Waals surface area (Å²) in [4.78, 5) is 40.3. The molecular formula is C18H26N2O10. The third-order valence-electron chi connectivity index (χ3n) is 2.65. The molecule has 0 saturated carbocycles.